The average molecular weight is 475 g/mol. The molecule has 0 saturated carbocycles. The van der Waals surface area contributed by atoms with Crippen molar-refractivity contribution in [2.45, 2.75) is 52.2 Å². The maximum absolute atomic E-state index is 10.1. The number of aliphatic hydroxyl groups is 1. The summed E-state index contributed by atoms with van der Waals surface area (Å²) in [5.41, 5.74) is 3.17. The second kappa shape index (κ2) is 9.60. The standard InChI is InChI=1S/C27H30N4O2S/c1-18(2)27(5,24-12-10-21(16-29-24)33-17-25-28-14-15-34-25)20-8-6-19(7-9-20)22-11-13-23(31-30-22)26(3,4)32/h6-16,18,32H,17H2,1-5H3. The van der Waals surface area contributed by atoms with Crippen LogP contribution in [0, 0.1) is 5.92 Å². The molecule has 1 aromatic carbocycles. The van der Waals surface area contributed by atoms with Crippen molar-refractivity contribution in [3.8, 4) is 17.0 Å². The number of benzene rings is 1. The van der Waals surface area contributed by atoms with E-state index in [4.69, 9.17) is 9.72 Å². The van der Waals surface area contributed by atoms with Gasteiger partial charge >= 0.3 is 0 Å². The summed E-state index contributed by atoms with van der Waals surface area (Å²) in [7, 11) is 0. The molecule has 4 aromatic rings. The number of nitrogens with zero attached hydrogens (tertiary/aromatic N) is 4. The van der Waals surface area contributed by atoms with Crippen molar-refractivity contribution in [2.75, 3.05) is 0 Å². The monoisotopic (exact) mass is 474 g/mol. The third-order valence-electron chi connectivity index (χ3n) is 6.34. The van der Waals surface area contributed by atoms with Crippen molar-refractivity contribution in [3.05, 3.63) is 88.3 Å². The fourth-order valence-corrected chi connectivity index (χ4v) is 4.35. The first-order valence-corrected chi connectivity index (χ1v) is 12.2. The third kappa shape index (κ3) is 5.00. The Balaban J connectivity index is 1.55. The smallest absolute Gasteiger partial charge is 0.140 e. The SMILES string of the molecule is CC(C)C(C)(c1ccc(-c2ccc(C(C)(C)O)nn2)cc1)c1ccc(OCc2nccs2)cn1. The van der Waals surface area contributed by atoms with Crippen LogP contribution in [0.4, 0.5) is 0 Å². The van der Waals surface area contributed by atoms with Gasteiger partial charge in [-0.15, -0.1) is 11.3 Å². The number of hydrogen-bond donors (Lipinski definition) is 1. The van der Waals surface area contributed by atoms with E-state index in [0.717, 1.165) is 27.7 Å². The number of pyridine rings is 1. The lowest BCUT2D eigenvalue weighted by Crippen LogP contribution is -2.31. The first-order valence-electron chi connectivity index (χ1n) is 11.3. The highest BCUT2D eigenvalue weighted by Gasteiger charge is 2.34. The van der Waals surface area contributed by atoms with Crippen LogP contribution in [0.25, 0.3) is 11.3 Å². The summed E-state index contributed by atoms with van der Waals surface area (Å²) >= 11 is 1.58. The first kappa shape index (κ1) is 24.0. The normalized spacial score (nSPS) is 13.6. The zero-order valence-electron chi connectivity index (χ0n) is 20.2. The summed E-state index contributed by atoms with van der Waals surface area (Å²) in [5.74, 6) is 1.05. The van der Waals surface area contributed by atoms with Crippen LogP contribution >= 0.6 is 11.3 Å². The van der Waals surface area contributed by atoms with Crippen molar-refractivity contribution in [1.82, 2.24) is 20.2 Å². The fourth-order valence-electron chi connectivity index (χ4n) is 3.82. The van der Waals surface area contributed by atoms with E-state index in [1.165, 1.54) is 5.56 Å². The largest absolute Gasteiger partial charge is 0.485 e. The minimum Gasteiger partial charge on any atom is -0.485 e. The summed E-state index contributed by atoms with van der Waals surface area (Å²) in [4.78, 5) is 9.02. The van der Waals surface area contributed by atoms with Crippen LogP contribution in [-0.2, 0) is 17.6 Å². The molecule has 7 heteroatoms. The molecule has 0 bridgehead atoms. The molecule has 0 fully saturated rings. The van der Waals surface area contributed by atoms with Crippen molar-refractivity contribution in [2.24, 2.45) is 5.92 Å². The molecule has 34 heavy (non-hydrogen) atoms. The van der Waals surface area contributed by atoms with E-state index in [-0.39, 0.29) is 5.41 Å². The van der Waals surface area contributed by atoms with Crippen molar-refractivity contribution in [3.63, 3.8) is 0 Å². The van der Waals surface area contributed by atoms with Gasteiger partial charge in [-0.25, -0.2) is 4.98 Å². The van der Waals surface area contributed by atoms with Crippen LogP contribution in [-0.4, -0.2) is 25.3 Å². The molecule has 1 atom stereocenters. The molecule has 3 heterocycles. The van der Waals surface area contributed by atoms with Gasteiger partial charge in [-0.2, -0.15) is 10.2 Å². The minimum absolute atomic E-state index is 0.275. The van der Waals surface area contributed by atoms with Gasteiger partial charge in [0.1, 0.15) is 23.0 Å². The summed E-state index contributed by atoms with van der Waals surface area (Å²) in [6.07, 6.45) is 3.57. The molecule has 1 unspecified atom stereocenters. The molecule has 0 amide bonds. The highest BCUT2D eigenvalue weighted by molar-refractivity contribution is 7.09. The zero-order chi connectivity index (χ0) is 24.3. The van der Waals surface area contributed by atoms with Crippen molar-refractivity contribution < 1.29 is 9.84 Å². The maximum Gasteiger partial charge on any atom is 0.140 e. The van der Waals surface area contributed by atoms with Gasteiger partial charge in [0.2, 0.25) is 0 Å². The van der Waals surface area contributed by atoms with Crippen LogP contribution in [0.3, 0.4) is 0 Å². The summed E-state index contributed by atoms with van der Waals surface area (Å²) < 4.78 is 5.84. The van der Waals surface area contributed by atoms with Gasteiger partial charge in [0.25, 0.3) is 0 Å². The molecule has 1 N–H and O–H groups in total. The van der Waals surface area contributed by atoms with E-state index >= 15 is 0 Å². The Bertz CT molecular complexity index is 1200. The molecule has 3 aromatic heterocycles. The number of rotatable bonds is 8. The van der Waals surface area contributed by atoms with E-state index < -0.39 is 5.60 Å². The van der Waals surface area contributed by atoms with E-state index in [0.29, 0.717) is 18.2 Å². The van der Waals surface area contributed by atoms with Gasteiger partial charge in [-0.05, 0) is 56.5 Å². The lowest BCUT2D eigenvalue weighted by molar-refractivity contribution is 0.0729. The van der Waals surface area contributed by atoms with Gasteiger partial charge in [0, 0.05) is 22.6 Å². The van der Waals surface area contributed by atoms with Crippen LogP contribution in [0.2, 0.25) is 0 Å². The molecule has 0 aliphatic heterocycles. The maximum atomic E-state index is 10.1. The van der Waals surface area contributed by atoms with Crippen LogP contribution in [0.5, 0.6) is 5.75 Å². The highest BCUT2D eigenvalue weighted by Crippen LogP contribution is 2.39. The predicted molar refractivity (Wildman–Crippen MR) is 135 cm³/mol. The second-order valence-corrected chi connectivity index (χ2v) is 10.4. The Morgan fingerprint density at radius 2 is 1.65 bits per heavy atom. The number of hydrogen-bond acceptors (Lipinski definition) is 7. The molecule has 0 spiro atoms. The molecule has 4 rings (SSSR count). The quantitative estimate of drug-likeness (QED) is 0.349. The zero-order valence-corrected chi connectivity index (χ0v) is 21.0. The topological polar surface area (TPSA) is 81.0 Å². The fraction of sp³-hybridized carbons (Fsp3) is 0.333. The van der Waals surface area contributed by atoms with Crippen LogP contribution < -0.4 is 4.74 Å². The van der Waals surface area contributed by atoms with Crippen LogP contribution in [0.1, 0.15) is 56.6 Å². The van der Waals surface area contributed by atoms with E-state index in [9.17, 15) is 5.11 Å². The van der Waals surface area contributed by atoms with Gasteiger partial charge in [-0.3, -0.25) is 4.98 Å². The Kier molecular flexibility index (Phi) is 6.77. The van der Waals surface area contributed by atoms with Crippen molar-refractivity contribution >= 4 is 11.3 Å². The predicted octanol–water partition coefficient (Wildman–Crippen LogP) is 5.76. The lowest BCUT2D eigenvalue weighted by atomic mass is 9.70. The van der Waals surface area contributed by atoms with E-state index in [1.54, 1.807) is 37.6 Å². The van der Waals surface area contributed by atoms with E-state index in [2.05, 4.69) is 60.2 Å². The molecule has 6 nitrogen and oxygen atoms in total. The molecular weight excluding hydrogens is 444 g/mol. The molecule has 0 radical (unpaired) electrons. The van der Waals surface area contributed by atoms with Gasteiger partial charge in [-0.1, -0.05) is 38.1 Å². The highest BCUT2D eigenvalue weighted by atomic mass is 32.1. The molecule has 0 aliphatic carbocycles. The number of aromatic nitrogens is 4. The van der Waals surface area contributed by atoms with E-state index in [1.807, 2.05) is 29.6 Å². The molecule has 0 saturated heterocycles. The molecular formula is C27H30N4O2S. The first-order chi connectivity index (χ1) is 16.2. The number of thiazole rings is 1. The Hall–Kier alpha value is -3.16. The summed E-state index contributed by atoms with van der Waals surface area (Å²) in [6.45, 7) is 10.5. The van der Waals surface area contributed by atoms with Gasteiger partial charge in [0.05, 0.1) is 23.3 Å². The summed E-state index contributed by atoms with van der Waals surface area (Å²) in [6, 6.07) is 16.1. The van der Waals surface area contributed by atoms with Gasteiger partial charge < -0.3 is 9.84 Å². The minimum atomic E-state index is -1.01. The van der Waals surface area contributed by atoms with Crippen molar-refractivity contribution in [1.29, 1.82) is 0 Å². The Morgan fingerprint density at radius 3 is 2.18 bits per heavy atom. The molecule has 0 aliphatic rings. The Labute approximate surface area is 204 Å². The lowest BCUT2D eigenvalue weighted by Gasteiger charge is -2.34. The Morgan fingerprint density at radius 1 is 0.912 bits per heavy atom. The average Bonchev–Trinajstić information content (AvgIpc) is 3.36. The molecule has 176 valence electrons. The summed E-state index contributed by atoms with van der Waals surface area (Å²) in [5, 5.41) is 21.5. The van der Waals surface area contributed by atoms with Crippen LogP contribution in [0.15, 0.2) is 66.3 Å². The second-order valence-electron chi connectivity index (χ2n) is 9.39. The third-order valence-corrected chi connectivity index (χ3v) is 7.09. The number of ether oxygens (including phenoxy) is 1. The van der Waals surface area contributed by atoms with Gasteiger partial charge in [0.15, 0.2) is 0 Å².